The third-order valence-electron chi connectivity index (χ3n) is 8.21. The number of rotatable bonds is 12. The monoisotopic (exact) mass is 629 g/mol. The van der Waals surface area contributed by atoms with E-state index in [0.717, 1.165) is 44.7 Å². The van der Waals surface area contributed by atoms with Crippen molar-refractivity contribution in [3.8, 4) is 23.1 Å². The summed E-state index contributed by atoms with van der Waals surface area (Å²) in [6.45, 7) is 6.66. The minimum atomic E-state index is -1.18. The molecule has 1 saturated carbocycles. The number of morpholine rings is 1. The maximum absolute atomic E-state index is 13.2. The van der Waals surface area contributed by atoms with Crippen LogP contribution in [-0.2, 0) is 14.3 Å². The van der Waals surface area contributed by atoms with E-state index in [1.54, 1.807) is 38.4 Å². The summed E-state index contributed by atoms with van der Waals surface area (Å²) in [5.41, 5.74) is 0.903. The van der Waals surface area contributed by atoms with Gasteiger partial charge in [0.15, 0.2) is 11.5 Å². The highest BCUT2D eigenvalue weighted by atomic mass is 19.1. The Hall–Kier alpha value is -4.81. The number of benzene rings is 2. The Kier molecular flexibility index (Phi) is 9.27. The van der Waals surface area contributed by atoms with Crippen molar-refractivity contribution in [2.45, 2.75) is 26.2 Å². The number of pyridine rings is 2. The molecule has 2 N–H and O–H groups in total. The predicted molar refractivity (Wildman–Crippen MR) is 170 cm³/mol. The van der Waals surface area contributed by atoms with Crippen molar-refractivity contribution in [3.05, 3.63) is 72.3 Å². The molecule has 1 aliphatic carbocycles. The second kappa shape index (κ2) is 13.7. The van der Waals surface area contributed by atoms with Gasteiger partial charge in [0.05, 0.1) is 43.8 Å². The molecule has 3 heterocycles. The van der Waals surface area contributed by atoms with Gasteiger partial charge in [-0.1, -0.05) is 0 Å². The maximum atomic E-state index is 13.2. The second-order valence-corrected chi connectivity index (χ2v) is 11.4. The van der Waals surface area contributed by atoms with Crippen LogP contribution in [-0.4, -0.2) is 73.2 Å². The Bertz CT molecular complexity index is 1720. The fraction of sp³-hybridized carbons (Fsp3) is 0.353. The van der Waals surface area contributed by atoms with Crippen molar-refractivity contribution >= 4 is 34.1 Å². The highest BCUT2D eigenvalue weighted by Gasteiger charge is 2.56. The molecular weight excluding hydrogens is 593 g/mol. The first-order chi connectivity index (χ1) is 22.3. The van der Waals surface area contributed by atoms with E-state index in [4.69, 9.17) is 18.9 Å². The van der Waals surface area contributed by atoms with Gasteiger partial charge in [-0.15, -0.1) is 0 Å². The van der Waals surface area contributed by atoms with Crippen LogP contribution in [0.2, 0.25) is 0 Å². The van der Waals surface area contributed by atoms with Crippen LogP contribution in [0.15, 0.2) is 60.8 Å². The molecule has 0 bridgehead atoms. The maximum Gasteiger partial charge on any atom is 0.240 e. The van der Waals surface area contributed by atoms with Gasteiger partial charge in [-0.25, -0.2) is 9.37 Å². The zero-order chi connectivity index (χ0) is 32.1. The Balaban J connectivity index is 1.10. The van der Waals surface area contributed by atoms with E-state index in [9.17, 15) is 14.0 Å². The van der Waals surface area contributed by atoms with Crippen LogP contribution in [0.3, 0.4) is 0 Å². The van der Waals surface area contributed by atoms with Crippen LogP contribution < -0.4 is 24.8 Å². The van der Waals surface area contributed by atoms with E-state index < -0.39 is 23.0 Å². The van der Waals surface area contributed by atoms with E-state index in [-0.39, 0.29) is 0 Å². The molecule has 1 aliphatic heterocycles. The van der Waals surface area contributed by atoms with Gasteiger partial charge in [0.1, 0.15) is 17.0 Å². The van der Waals surface area contributed by atoms with Crippen molar-refractivity contribution < 1.29 is 32.9 Å². The summed E-state index contributed by atoms with van der Waals surface area (Å²) in [5.74, 6) is 0.766. The van der Waals surface area contributed by atoms with E-state index in [0.29, 0.717) is 65.2 Å². The molecule has 0 unspecified atom stereocenters. The minimum absolute atomic E-state index is 0.320. The molecule has 1 saturated heterocycles. The fourth-order valence-electron chi connectivity index (χ4n) is 5.33. The third-order valence-corrected chi connectivity index (χ3v) is 8.21. The number of ether oxygens (including phenoxy) is 4. The molecule has 11 nitrogen and oxygen atoms in total. The van der Waals surface area contributed by atoms with E-state index in [1.165, 1.54) is 24.3 Å². The molecule has 0 spiro atoms. The number of nitrogens with one attached hydrogen (secondary N) is 2. The molecule has 0 atom stereocenters. The molecule has 6 rings (SSSR count). The second-order valence-electron chi connectivity index (χ2n) is 11.4. The number of carbonyl (C=O) groups excluding carboxylic acids is 2. The molecule has 240 valence electrons. The van der Waals surface area contributed by atoms with Crippen LogP contribution in [0.25, 0.3) is 10.9 Å². The van der Waals surface area contributed by atoms with Gasteiger partial charge in [0, 0.05) is 49.0 Å². The first-order valence-corrected chi connectivity index (χ1v) is 15.3. The molecule has 12 heteroatoms. The van der Waals surface area contributed by atoms with E-state index in [1.807, 2.05) is 12.1 Å². The van der Waals surface area contributed by atoms with Crippen molar-refractivity contribution in [1.82, 2.24) is 14.9 Å². The molecule has 2 amide bonds. The quantitative estimate of drug-likeness (QED) is 0.158. The Morgan fingerprint density at radius 2 is 1.74 bits per heavy atom. The lowest BCUT2D eigenvalue weighted by atomic mass is 10.0. The van der Waals surface area contributed by atoms with Crippen LogP contribution in [0.4, 0.5) is 15.8 Å². The zero-order valence-corrected chi connectivity index (χ0v) is 25.8. The van der Waals surface area contributed by atoms with Crippen LogP contribution in [0, 0.1) is 18.2 Å². The van der Waals surface area contributed by atoms with Crippen LogP contribution in [0.5, 0.6) is 23.1 Å². The van der Waals surface area contributed by atoms with Crippen LogP contribution in [0.1, 0.15) is 25.0 Å². The summed E-state index contributed by atoms with van der Waals surface area (Å²) in [6.07, 6.45) is 3.36. The largest absolute Gasteiger partial charge is 0.493 e. The van der Waals surface area contributed by atoms with E-state index >= 15 is 0 Å². The highest BCUT2D eigenvalue weighted by Crippen LogP contribution is 2.47. The van der Waals surface area contributed by atoms with Gasteiger partial charge in [0.25, 0.3) is 0 Å². The fourth-order valence-corrected chi connectivity index (χ4v) is 5.33. The lowest BCUT2D eigenvalue weighted by Crippen LogP contribution is -2.37. The number of hydrogen-bond donors (Lipinski definition) is 2. The number of fused-ring (bicyclic) bond motifs is 1. The van der Waals surface area contributed by atoms with Crippen LogP contribution >= 0.6 is 0 Å². The summed E-state index contributed by atoms with van der Waals surface area (Å²) in [7, 11) is 1.59. The van der Waals surface area contributed by atoms with Gasteiger partial charge in [-0.05, 0) is 68.7 Å². The predicted octanol–water partition coefficient (Wildman–Crippen LogP) is 5.34. The third kappa shape index (κ3) is 7.03. The van der Waals surface area contributed by atoms with Gasteiger partial charge in [-0.2, -0.15) is 0 Å². The standard InChI is InChI=1S/C34H36FN5O6/c1-22-26(39-33(42)34(11-12-34)32(41)38-24-6-4-23(35)5-7-24)8-9-31(37-22)46-28-10-13-36-27-21-30(29(43-2)20-25(27)28)45-17-3-14-40-15-18-44-19-16-40/h4-10,13,20-21H,3,11-12,14-19H2,1-2H3,(H,38,41)(H,39,42). The smallest absolute Gasteiger partial charge is 0.240 e. The number of aryl methyl sites for hydroxylation is 1. The summed E-state index contributed by atoms with van der Waals surface area (Å²) in [6, 6.07) is 14.2. The zero-order valence-electron chi connectivity index (χ0n) is 25.8. The number of halogens is 1. The minimum Gasteiger partial charge on any atom is -0.493 e. The highest BCUT2D eigenvalue weighted by molar-refractivity contribution is 6.17. The average molecular weight is 630 g/mol. The molecule has 0 radical (unpaired) electrons. The number of aromatic nitrogens is 2. The van der Waals surface area contributed by atoms with Gasteiger partial charge in [-0.3, -0.25) is 19.5 Å². The van der Waals surface area contributed by atoms with Crippen molar-refractivity contribution in [1.29, 1.82) is 0 Å². The van der Waals surface area contributed by atoms with Gasteiger partial charge >= 0.3 is 0 Å². The number of hydrogen-bond acceptors (Lipinski definition) is 9. The molecule has 2 fully saturated rings. The summed E-state index contributed by atoms with van der Waals surface area (Å²) in [4.78, 5) is 37.5. The average Bonchev–Trinajstić information content (AvgIpc) is 3.88. The van der Waals surface area contributed by atoms with Crippen molar-refractivity contribution in [3.63, 3.8) is 0 Å². The molecular formula is C34H36FN5O6. The lowest BCUT2D eigenvalue weighted by Gasteiger charge is -2.26. The van der Waals surface area contributed by atoms with Crippen molar-refractivity contribution in [2.75, 3.05) is 57.2 Å². The molecule has 4 aromatic rings. The number of anilines is 2. The Labute approximate surface area is 266 Å². The normalized spacial score (nSPS) is 15.6. The summed E-state index contributed by atoms with van der Waals surface area (Å²) in [5, 5.41) is 6.28. The Morgan fingerprint density at radius 1 is 0.978 bits per heavy atom. The molecule has 46 heavy (non-hydrogen) atoms. The summed E-state index contributed by atoms with van der Waals surface area (Å²) < 4.78 is 36.5. The first-order valence-electron chi connectivity index (χ1n) is 15.3. The number of methoxy groups -OCH3 is 1. The summed E-state index contributed by atoms with van der Waals surface area (Å²) >= 11 is 0. The number of carbonyl (C=O) groups is 2. The molecule has 2 aromatic carbocycles. The van der Waals surface area contributed by atoms with Gasteiger partial charge in [0.2, 0.25) is 17.7 Å². The number of amides is 2. The topological polar surface area (TPSA) is 124 Å². The lowest BCUT2D eigenvalue weighted by molar-refractivity contribution is -0.131. The SMILES string of the molecule is COc1cc2c(Oc3ccc(NC(=O)C4(C(=O)Nc5ccc(F)cc5)CC4)c(C)n3)ccnc2cc1OCCCN1CCOCC1. The van der Waals surface area contributed by atoms with Crippen molar-refractivity contribution in [2.24, 2.45) is 5.41 Å². The Morgan fingerprint density at radius 3 is 2.46 bits per heavy atom. The first kappa shape index (κ1) is 31.2. The van der Waals surface area contributed by atoms with E-state index in [2.05, 4.69) is 25.5 Å². The van der Waals surface area contributed by atoms with Gasteiger partial charge < -0.3 is 29.6 Å². The number of nitrogens with zero attached hydrogens (tertiary/aromatic N) is 3. The molecule has 2 aromatic heterocycles. The molecule has 2 aliphatic rings.